The van der Waals surface area contributed by atoms with Crippen LogP contribution in [0.2, 0.25) is 0 Å². The van der Waals surface area contributed by atoms with Crippen LogP contribution in [0.3, 0.4) is 0 Å². The van der Waals surface area contributed by atoms with Gasteiger partial charge in [-0.25, -0.2) is 9.59 Å². The summed E-state index contributed by atoms with van der Waals surface area (Å²) in [6.07, 6.45) is 0. The van der Waals surface area contributed by atoms with Gasteiger partial charge in [-0.05, 0) is 19.4 Å². The van der Waals surface area contributed by atoms with Crippen LogP contribution >= 0.6 is 0 Å². The molecule has 0 bridgehead atoms. The quantitative estimate of drug-likeness (QED) is 0.299. The van der Waals surface area contributed by atoms with Gasteiger partial charge in [0.05, 0.1) is 35.0 Å². The highest BCUT2D eigenvalue weighted by atomic mass is 16.7. The van der Waals surface area contributed by atoms with Gasteiger partial charge in [-0.15, -0.1) is 0 Å². The Bertz CT molecular complexity index is 977. The van der Waals surface area contributed by atoms with Gasteiger partial charge < -0.3 is 19.5 Å². The van der Waals surface area contributed by atoms with Crippen LogP contribution in [-0.4, -0.2) is 36.7 Å². The van der Waals surface area contributed by atoms with Crippen molar-refractivity contribution in [2.45, 2.75) is 33.6 Å². The molecule has 1 aromatic carbocycles. The monoisotopic (exact) mass is 432 g/mol. The molecule has 0 fully saturated rings. The number of ether oxygens (including phenoxy) is 3. The fourth-order valence-corrected chi connectivity index (χ4v) is 3.18. The van der Waals surface area contributed by atoms with E-state index in [1.165, 1.54) is 25.3 Å². The Morgan fingerprint density at radius 1 is 1.10 bits per heavy atom. The number of nitro groups is 1. The summed E-state index contributed by atoms with van der Waals surface area (Å²) in [7, 11) is 1.20. The number of nitrogens with zero attached hydrogens (tertiary/aromatic N) is 1. The molecular weight excluding hydrogens is 408 g/mol. The average Bonchev–Trinajstić information content (AvgIpc) is 2.72. The first-order valence-corrected chi connectivity index (χ1v) is 9.43. The lowest BCUT2D eigenvalue weighted by Gasteiger charge is -2.30. The van der Waals surface area contributed by atoms with Gasteiger partial charge in [0.1, 0.15) is 0 Å². The smallest absolute Gasteiger partial charge is 0.339 e. The van der Waals surface area contributed by atoms with E-state index in [4.69, 9.17) is 14.2 Å². The lowest BCUT2D eigenvalue weighted by molar-refractivity contribution is -0.384. The van der Waals surface area contributed by atoms with E-state index < -0.39 is 41.5 Å². The maximum atomic E-state index is 12.9. The Balaban J connectivity index is 2.48. The number of hydrogen-bond donors (Lipinski definition) is 1. The van der Waals surface area contributed by atoms with Crippen LogP contribution in [-0.2, 0) is 28.6 Å². The normalized spacial score (nSPS) is 16.0. The zero-order valence-electron chi connectivity index (χ0n) is 17.9. The van der Waals surface area contributed by atoms with E-state index in [-0.39, 0.29) is 16.8 Å². The Morgan fingerprint density at radius 2 is 1.71 bits per heavy atom. The molecule has 0 saturated heterocycles. The van der Waals surface area contributed by atoms with Crippen molar-refractivity contribution in [1.82, 2.24) is 5.32 Å². The second-order valence-corrected chi connectivity index (χ2v) is 7.15. The third-order valence-electron chi connectivity index (χ3n) is 4.66. The van der Waals surface area contributed by atoms with Gasteiger partial charge in [-0.1, -0.05) is 26.0 Å². The predicted molar refractivity (Wildman–Crippen MR) is 108 cm³/mol. The largest absolute Gasteiger partial charge is 0.466 e. The van der Waals surface area contributed by atoms with Crippen LogP contribution in [0.25, 0.3) is 0 Å². The van der Waals surface area contributed by atoms with Crippen molar-refractivity contribution < 1.29 is 33.5 Å². The third-order valence-corrected chi connectivity index (χ3v) is 4.66. The first-order valence-electron chi connectivity index (χ1n) is 9.43. The molecule has 0 saturated carbocycles. The summed E-state index contributed by atoms with van der Waals surface area (Å²) in [5.41, 5.74) is 1.12. The third kappa shape index (κ3) is 5.27. The Labute approximate surface area is 179 Å². The zero-order chi connectivity index (χ0) is 23.3. The number of carbonyl (C=O) groups excluding carboxylic acids is 3. The number of hydrogen-bond acceptors (Lipinski definition) is 9. The first kappa shape index (κ1) is 23.6. The van der Waals surface area contributed by atoms with E-state index in [0.717, 1.165) is 0 Å². The summed E-state index contributed by atoms with van der Waals surface area (Å²) < 4.78 is 14.9. The van der Waals surface area contributed by atoms with Crippen LogP contribution in [0.15, 0.2) is 46.8 Å². The van der Waals surface area contributed by atoms with Crippen molar-refractivity contribution in [3.05, 3.63) is 62.5 Å². The van der Waals surface area contributed by atoms with Gasteiger partial charge in [0.2, 0.25) is 6.79 Å². The van der Waals surface area contributed by atoms with Crippen LogP contribution in [0.5, 0.6) is 0 Å². The average molecular weight is 432 g/mol. The molecule has 1 N–H and O–H groups in total. The maximum absolute atomic E-state index is 12.9. The number of esters is 3. The molecule has 1 unspecified atom stereocenters. The molecule has 2 rings (SSSR count). The number of carbonyl (C=O) groups is 3. The Morgan fingerprint density at radius 3 is 2.26 bits per heavy atom. The molecule has 0 aromatic heterocycles. The highest BCUT2D eigenvalue weighted by molar-refractivity contribution is 5.99. The molecule has 0 aliphatic carbocycles. The standard InChI is InChI=1S/C21H24N2O8/c1-11(2)19(24)30-10-31-21(26)17-13(4)22-12(3)16(20(25)29-5)18(17)14-7-6-8-15(9-14)23(27)28/h6-9,11,18,22H,10H2,1-5H3. The number of benzene rings is 1. The van der Waals surface area contributed by atoms with Crippen molar-refractivity contribution in [3.8, 4) is 0 Å². The number of rotatable bonds is 7. The van der Waals surface area contributed by atoms with Gasteiger partial charge in [0.15, 0.2) is 0 Å². The summed E-state index contributed by atoms with van der Waals surface area (Å²) >= 11 is 0. The van der Waals surface area contributed by atoms with Crippen molar-refractivity contribution in [1.29, 1.82) is 0 Å². The van der Waals surface area contributed by atoms with E-state index in [9.17, 15) is 24.5 Å². The highest BCUT2D eigenvalue weighted by Gasteiger charge is 2.38. The maximum Gasteiger partial charge on any atom is 0.339 e. The summed E-state index contributed by atoms with van der Waals surface area (Å²) in [4.78, 5) is 47.7. The van der Waals surface area contributed by atoms with Crippen LogP contribution in [0.4, 0.5) is 5.69 Å². The number of nitrogens with one attached hydrogen (secondary N) is 1. The summed E-state index contributed by atoms with van der Waals surface area (Å²) in [6, 6.07) is 5.62. The van der Waals surface area contributed by atoms with Gasteiger partial charge in [0, 0.05) is 23.5 Å². The molecule has 10 nitrogen and oxygen atoms in total. The van der Waals surface area contributed by atoms with Crippen LogP contribution in [0, 0.1) is 16.0 Å². The summed E-state index contributed by atoms with van der Waals surface area (Å²) in [5, 5.41) is 14.2. The van der Waals surface area contributed by atoms with E-state index in [1.807, 2.05) is 0 Å². The SMILES string of the molecule is COC(=O)C1=C(C)NC(C)=C(C(=O)OCOC(=O)C(C)C)C1c1cccc([N+](=O)[O-])c1. The molecule has 1 aliphatic rings. The minimum atomic E-state index is -0.984. The minimum Gasteiger partial charge on any atom is -0.466 e. The lowest BCUT2D eigenvalue weighted by atomic mass is 9.80. The number of dihydropyridines is 1. The van der Waals surface area contributed by atoms with E-state index in [0.29, 0.717) is 17.0 Å². The number of allylic oxidation sites excluding steroid dienone is 2. The minimum absolute atomic E-state index is 0.0482. The van der Waals surface area contributed by atoms with Crippen LogP contribution < -0.4 is 5.32 Å². The van der Waals surface area contributed by atoms with Crippen molar-refractivity contribution in [2.75, 3.05) is 13.9 Å². The van der Waals surface area contributed by atoms with Gasteiger partial charge in [-0.2, -0.15) is 0 Å². The molecule has 1 atom stereocenters. The van der Waals surface area contributed by atoms with Crippen molar-refractivity contribution in [2.24, 2.45) is 5.92 Å². The molecule has 0 spiro atoms. The van der Waals surface area contributed by atoms with Gasteiger partial charge in [0.25, 0.3) is 5.69 Å². The number of methoxy groups -OCH3 is 1. The zero-order valence-corrected chi connectivity index (χ0v) is 17.9. The van der Waals surface area contributed by atoms with Gasteiger partial charge >= 0.3 is 17.9 Å². The van der Waals surface area contributed by atoms with Gasteiger partial charge in [-0.3, -0.25) is 14.9 Å². The van der Waals surface area contributed by atoms with Crippen molar-refractivity contribution >= 4 is 23.6 Å². The molecule has 1 heterocycles. The fraction of sp³-hybridized carbons (Fsp3) is 0.381. The molecule has 10 heteroatoms. The van der Waals surface area contributed by atoms with E-state index >= 15 is 0 Å². The topological polar surface area (TPSA) is 134 Å². The molecular formula is C21H24N2O8. The fourth-order valence-electron chi connectivity index (χ4n) is 3.18. The van der Waals surface area contributed by atoms with Crippen molar-refractivity contribution in [3.63, 3.8) is 0 Å². The first-order chi connectivity index (χ1) is 14.6. The summed E-state index contributed by atoms with van der Waals surface area (Å²) in [6.45, 7) is 5.91. The summed E-state index contributed by atoms with van der Waals surface area (Å²) in [5.74, 6) is -3.47. The second-order valence-electron chi connectivity index (χ2n) is 7.15. The molecule has 0 amide bonds. The van der Waals surface area contributed by atoms with Crippen LogP contribution in [0.1, 0.15) is 39.2 Å². The molecule has 1 aromatic rings. The highest BCUT2D eigenvalue weighted by Crippen LogP contribution is 2.40. The molecule has 31 heavy (non-hydrogen) atoms. The molecule has 1 aliphatic heterocycles. The molecule has 166 valence electrons. The predicted octanol–water partition coefficient (Wildman–Crippen LogP) is 2.70. The Hall–Kier alpha value is -3.69. The molecule has 0 radical (unpaired) electrons. The Kier molecular flexibility index (Phi) is 7.51. The van der Waals surface area contributed by atoms with E-state index in [1.54, 1.807) is 33.8 Å². The number of non-ortho nitro benzene ring substituents is 1. The second kappa shape index (κ2) is 9.88. The lowest BCUT2D eigenvalue weighted by Crippen LogP contribution is -2.32. The van der Waals surface area contributed by atoms with E-state index in [2.05, 4.69) is 5.32 Å². The number of nitro benzene ring substituents is 1.